The van der Waals surface area contributed by atoms with Gasteiger partial charge in [0, 0.05) is 22.2 Å². The molecular weight excluding hydrogens is 355 g/mol. The number of likely N-dealkylation sites (tertiary alicyclic amines) is 1. The summed E-state index contributed by atoms with van der Waals surface area (Å²) in [5.74, 6) is -2.40. The zero-order valence-corrected chi connectivity index (χ0v) is 11.7. The van der Waals surface area contributed by atoms with E-state index in [0.717, 1.165) is 0 Å². The van der Waals surface area contributed by atoms with Crippen LogP contribution in [0.3, 0.4) is 0 Å². The molecule has 2 rings (SSSR count). The molecule has 1 aromatic carbocycles. The molecule has 1 unspecified atom stereocenters. The van der Waals surface area contributed by atoms with Gasteiger partial charge in [-0.1, -0.05) is 0 Å². The quantitative estimate of drug-likeness (QED) is 0.659. The molecule has 0 amide bonds. The third-order valence-corrected chi connectivity index (χ3v) is 3.98. The SMILES string of the molecule is O=C(O)C1CCN(Cc2c(F)ccc(I)c2F)C1. The van der Waals surface area contributed by atoms with Gasteiger partial charge in [-0.3, -0.25) is 9.69 Å². The summed E-state index contributed by atoms with van der Waals surface area (Å²) in [6.07, 6.45) is 0.530. The monoisotopic (exact) mass is 367 g/mol. The van der Waals surface area contributed by atoms with E-state index in [9.17, 15) is 13.6 Å². The summed E-state index contributed by atoms with van der Waals surface area (Å²) >= 11 is 1.81. The number of hydrogen-bond donors (Lipinski definition) is 1. The van der Waals surface area contributed by atoms with Crippen LogP contribution in [0.2, 0.25) is 0 Å². The van der Waals surface area contributed by atoms with E-state index in [1.54, 1.807) is 4.90 Å². The Balaban J connectivity index is 2.11. The maximum absolute atomic E-state index is 13.8. The molecule has 6 heteroatoms. The molecule has 98 valence electrons. The Morgan fingerprint density at radius 3 is 2.83 bits per heavy atom. The van der Waals surface area contributed by atoms with Gasteiger partial charge in [0.15, 0.2) is 0 Å². The maximum Gasteiger partial charge on any atom is 0.307 e. The van der Waals surface area contributed by atoms with Crippen molar-refractivity contribution in [2.45, 2.75) is 13.0 Å². The predicted octanol–water partition coefficient (Wildman–Crippen LogP) is 2.48. The average Bonchev–Trinajstić information content (AvgIpc) is 2.78. The maximum atomic E-state index is 13.8. The summed E-state index contributed by atoms with van der Waals surface area (Å²) in [7, 11) is 0. The van der Waals surface area contributed by atoms with E-state index in [-0.39, 0.29) is 12.1 Å². The first-order chi connectivity index (χ1) is 8.49. The summed E-state index contributed by atoms with van der Waals surface area (Å²) in [5.41, 5.74) is 0.0212. The van der Waals surface area contributed by atoms with E-state index >= 15 is 0 Å². The van der Waals surface area contributed by atoms with Gasteiger partial charge in [-0.05, 0) is 47.7 Å². The van der Waals surface area contributed by atoms with Crippen LogP contribution in [0.5, 0.6) is 0 Å². The first-order valence-corrected chi connectivity index (χ1v) is 6.64. The van der Waals surface area contributed by atoms with Gasteiger partial charge in [0.2, 0.25) is 0 Å². The van der Waals surface area contributed by atoms with Crippen LogP contribution in [0, 0.1) is 21.1 Å². The van der Waals surface area contributed by atoms with Crippen molar-refractivity contribution in [3.63, 3.8) is 0 Å². The van der Waals surface area contributed by atoms with Gasteiger partial charge in [-0.15, -0.1) is 0 Å². The summed E-state index contributed by atoms with van der Waals surface area (Å²) in [6.45, 7) is 1.03. The number of aliphatic carboxylic acids is 1. The highest BCUT2D eigenvalue weighted by atomic mass is 127. The van der Waals surface area contributed by atoms with E-state index in [4.69, 9.17) is 5.11 Å². The Kier molecular flexibility index (Phi) is 4.16. The van der Waals surface area contributed by atoms with Gasteiger partial charge >= 0.3 is 5.97 Å². The first kappa shape index (κ1) is 13.7. The van der Waals surface area contributed by atoms with Crippen LogP contribution in [0.15, 0.2) is 12.1 Å². The minimum Gasteiger partial charge on any atom is -0.481 e. The largest absolute Gasteiger partial charge is 0.481 e. The number of benzene rings is 1. The second-order valence-electron chi connectivity index (χ2n) is 4.38. The summed E-state index contributed by atoms with van der Waals surface area (Å²) < 4.78 is 27.7. The van der Waals surface area contributed by atoms with Crippen LogP contribution in [0.1, 0.15) is 12.0 Å². The average molecular weight is 367 g/mol. The van der Waals surface area contributed by atoms with E-state index in [2.05, 4.69) is 0 Å². The third-order valence-electron chi connectivity index (χ3n) is 3.14. The van der Waals surface area contributed by atoms with E-state index < -0.39 is 23.5 Å². The Morgan fingerprint density at radius 1 is 1.50 bits per heavy atom. The molecule has 1 aliphatic heterocycles. The lowest BCUT2D eigenvalue weighted by molar-refractivity contribution is -0.141. The highest BCUT2D eigenvalue weighted by molar-refractivity contribution is 14.1. The fraction of sp³-hybridized carbons (Fsp3) is 0.417. The van der Waals surface area contributed by atoms with E-state index in [1.165, 1.54) is 12.1 Å². The zero-order valence-electron chi connectivity index (χ0n) is 9.50. The Hall–Kier alpha value is -0.760. The molecule has 0 aromatic heterocycles. The van der Waals surface area contributed by atoms with Crippen molar-refractivity contribution in [2.24, 2.45) is 5.92 Å². The number of nitrogens with zero attached hydrogens (tertiary/aromatic N) is 1. The highest BCUT2D eigenvalue weighted by Crippen LogP contribution is 2.23. The molecule has 0 saturated carbocycles. The number of carboxylic acids is 1. The minimum atomic E-state index is -0.846. The minimum absolute atomic E-state index is 0.0212. The molecule has 0 radical (unpaired) electrons. The normalized spacial score (nSPS) is 20.3. The van der Waals surface area contributed by atoms with Crippen molar-refractivity contribution in [3.8, 4) is 0 Å². The highest BCUT2D eigenvalue weighted by Gasteiger charge is 2.29. The molecule has 0 spiro atoms. The number of hydrogen-bond acceptors (Lipinski definition) is 2. The predicted molar refractivity (Wildman–Crippen MR) is 70.1 cm³/mol. The lowest BCUT2D eigenvalue weighted by atomic mass is 10.1. The number of carbonyl (C=O) groups is 1. The van der Waals surface area contributed by atoms with Gasteiger partial charge < -0.3 is 5.11 Å². The van der Waals surface area contributed by atoms with Crippen molar-refractivity contribution in [3.05, 3.63) is 32.9 Å². The molecule has 0 aliphatic carbocycles. The Labute approximate surface area is 117 Å². The molecule has 1 aliphatic rings. The zero-order chi connectivity index (χ0) is 13.3. The number of halogens is 3. The molecule has 1 N–H and O–H groups in total. The molecule has 1 heterocycles. The van der Waals surface area contributed by atoms with Gasteiger partial charge in [0.25, 0.3) is 0 Å². The van der Waals surface area contributed by atoms with Crippen LogP contribution in [-0.2, 0) is 11.3 Å². The van der Waals surface area contributed by atoms with Crippen LogP contribution < -0.4 is 0 Å². The van der Waals surface area contributed by atoms with Crippen molar-refractivity contribution in [1.29, 1.82) is 0 Å². The fourth-order valence-corrected chi connectivity index (χ4v) is 2.62. The molecule has 1 atom stereocenters. The second-order valence-corrected chi connectivity index (χ2v) is 5.54. The van der Waals surface area contributed by atoms with Crippen LogP contribution >= 0.6 is 22.6 Å². The van der Waals surface area contributed by atoms with Crippen LogP contribution in [0.4, 0.5) is 8.78 Å². The number of carboxylic acid groups (broad SMARTS) is 1. The molecule has 3 nitrogen and oxygen atoms in total. The van der Waals surface area contributed by atoms with Crippen molar-refractivity contribution < 1.29 is 18.7 Å². The first-order valence-electron chi connectivity index (χ1n) is 5.56. The van der Waals surface area contributed by atoms with E-state index in [1.807, 2.05) is 22.6 Å². The second kappa shape index (κ2) is 5.48. The number of rotatable bonds is 3. The van der Waals surface area contributed by atoms with Gasteiger partial charge in [-0.2, -0.15) is 0 Å². The van der Waals surface area contributed by atoms with Crippen molar-refractivity contribution in [1.82, 2.24) is 4.90 Å². The summed E-state index contributed by atoms with van der Waals surface area (Å²) in [5, 5.41) is 8.87. The van der Waals surface area contributed by atoms with Gasteiger partial charge in [0.05, 0.1) is 5.92 Å². The summed E-state index contributed by atoms with van der Waals surface area (Å²) in [4.78, 5) is 12.6. The molecular formula is C12H12F2INO2. The molecule has 1 aromatic rings. The lowest BCUT2D eigenvalue weighted by Crippen LogP contribution is -2.24. The molecule has 0 bridgehead atoms. The van der Waals surface area contributed by atoms with Gasteiger partial charge in [0.1, 0.15) is 11.6 Å². The summed E-state index contributed by atoms with van der Waals surface area (Å²) in [6, 6.07) is 2.63. The van der Waals surface area contributed by atoms with Crippen LogP contribution in [0.25, 0.3) is 0 Å². The van der Waals surface area contributed by atoms with Gasteiger partial charge in [-0.25, -0.2) is 8.78 Å². The lowest BCUT2D eigenvalue weighted by Gasteiger charge is -2.16. The van der Waals surface area contributed by atoms with E-state index in [0.29, 0.717) is 23.1 Å². The van der Waals surface area contributed by atoms with Crippen LogP contribution in [-0.4, -0.2) is 29.1 Å². The topological polar surface area (TPSA) is 40.5 Å². The smallest absolute Gasteiger partial charge is 0.307 e. The fourth-order valence-electron chi connectivity index (χ4n) is 2.12. The van der Waals surface area contributed by atoms with Crippen molar-refractivity contribution in [2.75, 3.05) is 13.1 Å². The molecule has 1 saturated heterocycles. The molecule has 1 fully saturated rings. The molecule has 18 heavy (non-hydrogen) atoms. The standard InChI is InChI=1S/C12H12F2INO2/c13-9-1-2-10(15)11(14)8(9)6-16-4-3-7(5-16)12(17)18/h1-2,7H,3-6H2,(H,17,18). The third kappa shape index (κ3) is 2.80. The Morgan fingerprint density at radius 2 is 2.22 bits per heavy atom. The van der Waals surface area contributed by atoms with Crippen molar-refractivity contribution >= 4 is 28.6 Å². The Bertz CT molecular complexity index is 481.